The molecular formula is C18H19Cl2N3O. The summed E-state index contributed by atoms with van der Waals surface area (Å²) in [6.45, 7) is 2.69. The van der Waals surface area contributed by atoms with Crippen molar-refractivity contribution in [2.75, 3.05) is 31.5 Å². The number of anilines is 1. The van der Waals surface area contributed by atoms with E-state index in [4.69, 9.17) is 23.2 Å². The fraction of sp³-hybridized carbons (Fsp3) is 0.278. The highest BCUT2D eigenvalue weighted by molar-refractivity contribution is 6.33. The molecule has 0 spiro atoms. The molecule has 1 fully saturated rings. The average Bonchev–Trinajstić information content (AvgIpc) is 2.58. The van der Waals surface area contributed by atoms with Gasteiger partial charge in [-0.2, -0.15) is 0 Å². The van der Waals surface area contributed by atoms with Crippen molar-refractivity contribution in [2.24, 2.45) is 0 Å². The summed E-state index contributed by atoms with van der Waals surface area (Å²) in [6, 6.07) is 15.1. The van der Waals surface area contributed by atoms with Gasteiger partial charge in [-0.05, 0) is 23.8 Å². The number of amides is 1. The highest BCUT2D eigenvalue weighted by atomic mass is 35.5. The van der Waals surface area contributed by atoms with Gasteiger partial charge in [0.15, 0.2) is 0 Å². The first kappa shape index (κ1) is 17.2. The van der Waals surface area contributed by atoms with Gasteiger partial charge in [0.2, 0.25) is 5.91 Å². The molecule has 1 saturated heterocycles. The molecule has 0 aliphatic carbocycles. The predicted octanol–water partition coefficient (Wildman–Crippen LogP) is 3.58. The van der Waals surface area contributed by atoms with Gasteiger partial charge >= 0.3 is 0 Å². The van der Waals surface area contributed by atoms with E-state index in [2.05, 4.69) is 15.5 Å². The molecule has 3 rings (SSSR count). The summed E-state index contributed by atoms with van der Waals surface area (Å²) in [7, 11) is 0. The van der Waals surface area contributed by atoms with E-state index in [-0.39, 0.29) is 11.9 Å². The van der Waals surface area contributed by atoms with Gasteiger partial charge in [0.25, 0.3) is 0 Å². The maximum Gasteiger partial charge on any atom is 0.238 e. The van der Waals surface area contributed by atoms with Crippen LogP contribution in [-0.2, 0) is 4.79 Å². The first-order valence-electron chi connectivity index (χ1n) is 7.89. The van der Waals surface area contributed by atoms with E-state index >= 15 is 0 Å². The Labute approximate surface area is 151 Å². The molecule has 2 N–H and O–H groups in total. The Kier molecular flexibility index (Phi) is 5.74. The Morgan fingerprint density at radius 1 is 1.12 bits per heavy atom. The second kappa shape index (κ2) is 7.99. The lowest BCUT2D eigenvalue weighted by Gasteiger charge is -2.36. The van der Waals surface area contributed by atoms with E-state index in [1.807, 2.05) is 36.4 Å². The van der Waals surface area contributed by atoms with E-state index in [1.165, 1.54) is 0 Å². The van der Waals surface area contributed by atoms with Crippen LogP contribution < -0.4 is 10.6 Å². The van der Waals surface area contributed by atoms with Gasteiger partial charge in [-0.25, -0.2) is 0 Å². The largest absolute Gasteiger partial charge is 0.324 e. The lowest BCUT2D eigenvalue weighted by Crippen LogP contribution is -2.48. The molecule has 126 valence electrons. The number of hydrogen-bond donors (Lipinski definition) is 2. The highest BCUT2D eigenvalue weighted by Gasteiger charge is 2.27. The Hall–Kier alpha value is -1.59. The molecule has 1 amide bonds. The third-order valence-corrected chi connectivity index (χ3v) is 4.79. The average molecular weight is 364 g/mol. The molecule has 1 unspecified atom stereocenters. The first-order valence-corrected chi connectivity index (χ1v) is 8.64. The SMILES string of the molecule is O=C(CN1CCNCC1c1ccccc1Cl)Nc1ccccc1Cl. The Bertz CT molecular complexity index is 723. The van der Waals surface area contributed by atoms with Gasteiger partial charge in [0, 0.05) is 30.7 Å². The second-order valence-corrected chi connectivity index (χ2v) is 6.55. The Morgan fingerprint density at radius 3 is 2.58 bits per heavy atom. The number of piperazine rings is 1. The molecule has 4 nitrogen and oxygen atoms in total. The van der Waals surface area contributed by atoms with Crippen LogP contribution in [0.25, 0.3) is 0 Å². The van der Waals surface area contributed by atoms with Crippen LogP contribution in [-0.4, -0.2) is 37.0 Å². The zero-order valence-electron chi connectivity index (χ0n) is 13.1. The minimum Gasteiger partial charge on any atom is -0.324 e. The lowest BCUT2D eigenvalue weighted by atomic mass is 10.0. The molecule has 2 aromatic rings. The van der Waals surface area contributed by atoms with E-state index < -0.39 is 0 Å². The summed E-state index contributed by atoms with van der Waals surface area (Å²) in [4.78, 5) is 14.6. The normalized spacial score (nSPS) is 18.3. The number of hydrogen-bond acceptors (Lipinski definition) is 3. The predicted molar refractivity (Wildman–Crippen MR) is 98.7 cm³/mol. The zero-order valence-corrected chi connectivity index (χ0v) is 14.6. The van der Waals surface area contributed by atoms with Gasteiger partial charge in [-0.1, -0.05) is 53.5 Å². The van der Waals surface area contributed by atoms with Crippen molar-refractivity contribution < 1.29 is 4.79 Å². The summed E-state index contributed by atoms with van der Waals surface area (Å²) < 4.78 is 0. The summed E-state index contributed by atoms with van der Waals surface area (Å²) in [6.07, 6.45) is 0. The van der Waals surface area contributed by atoms with Gasteiger partial charge < -0.3 is 10.6 Å². The van der Waals surface area contributed by atoms with Crippen molar-refractivity contribution in [1.29, 1.82) is 0 Å². The molecular weight excluding hydrogens is 345 g/mol. The molecule has 1 aliphatic rings. The van der Waals surface area contributed by atoms with Gasteiger partial charge in [-0.3, -0.25) is 9.69 Å². The fourth-order valence-corrected chi connectivity index (χ4v) is 3.37. The number of halogens is 2. The summed E-state index contributed by atoms with van der Waals surface area (Å²) in [5.41, 5.74) is 1.67. The van der Waals surface area contributed by atoms with Crippen molar-refractivity contribution >= 4 is 34.8 Å². The topological polar surface area (TPSA) is 44.4 Å². The number of nitrogens with one attached hydrogen (secondary N) is 2. The fourth-order valence-electron chi connectivity index (χ4n) is 2.92. The number of para-hydroxylation sites is 1. The molecule has 1 atom stereocenters. The van der Waals surface area contributed by atoms with E-state index in [0.717, 1.165) is 30.2 Å². The molecule has 1 aliphatic heterocycles. The number of rotatable bonds is 4. The first-order chi connectivity index (χ1) is 11.6. The van der Waals surface area contributed by atoms with Crippen molar-refractivity contribution in [3.05, 3.63) is 64.1 Å². The number of nitrogens with zero attached hydrogens (tertiary/aromatic N) is 1. The van der Waals surface area contributed by atoms with Crippen LogP contribution in [0.4, 0.5) is 5.69 Å². The zero-order chi connectivity index (χ0) is 16.9. The third-order valence-electron chi connectivity index (χ3n) is 4.11. The molecule has 24 heavy (non-hydrogen) atoms. The van der Waals surface area contributed by atoms with Gasteiger partial charge in [0.1, 0.15) is 0 Å². The van der Waals surface area contributed by atoms with Crippen LogP contribution >= 0.6 is 23.2 Å². The van der Waals surface area contributed by atoms with Crippen molar-refractivity contribution in [3.8, 4) is 0 Å². The summed E-state index contributed by atoms with van der Waals surface area (Å²) >= 11 is 12.4. The lowest BCUT2D eigenvalue weighted by molar-refractivity contribution is -0.118. The van der Waals surface area contributed by atoms with E-state index in [0.29, 0.717) is 17.3 Å². The van der Waals surface area contributed by atoms with Gasteiger partial charge in [0.05, 0.1) is 17.3 Å². The molecule has 6 heteroatoms. The Morgan fingerprint density at radius 2 is 1.83 bits per heavy atom. The molecule has 0 bridgehead atoms. The smallest absolute Gasteiger partial charge is 0.238 e. The Balaban J connectivity index is 1.71. The maximum atomic E-state index is 12.4. The molecule has 0 radical (unpaired) electrons. The third kappa shape index (κ3) is 4.08. The van der Waals surface area contributed by atoms with Crippen molar-refractivity contribution in [1.82, 2.24) is 10.2 Å². The van der Waals surface area contributed by atoms with Crippen LogP contribution in [0.3, 0.4) is 0 Å². The maximum absolute atomic E-state index is 12.4. The number of carbonyl (C=O) groups is 1. The van der Waals surface area contributed by atoms with Crippen LogP contribution in [0.2, 0.25) is 10.0 Å². The standard InChI is InChI=1S/C18H19Cl2N3O/c19-14-6-2-1-5-13(14)17-11-21-9-10-23(17)12-18(24)22-16-8-4-3-7-15(16)20/h1-8,17,21H,9-12H2,(H,22,24). The van der Waals surface area contributed by atoms with Crippen molar-refractivity contribution in [3.63, 3.8) is 0 Å². The molecule has 2 aromatic carbocycles. The van der Waals surface area contributed by atoms with E-state index in [1.54, 1.807) is 12.1 Å². The monoisotopic (exact) mass is 363 g/mol. The number of carbonyl (C=O) groups excluding carboxylic acids is 1. The minimum atomic E-state index is -0.0814. The second-order valence-electron chi connectivity index (χ2n) is 5.74. The van der Waals surface area contributed by atoms with Crippen LogP contribution in [0.5, 0.6) is 0 Å². The minimum absolute atomic E-state index is 0.0736. The molecule has 0 saturated carbocycles. The number of benzene rings is 2. The molecule has 0 aromatic heterocycles. The van der Waals surface area contributed by atoms with Crippen LogP contribution in [0.15, 0.2) is 48.5 Å². The molecule has 1 heterocycles. The summed E-state index contributed by atoms with van der Waals surface area (Å²) in [5.74, 6) is -0.0814. The van der Waals surface area contributed by atoms with Crippen molar-refractivity contribution in [2.45, 2.75) is 6.04 Å². The van der Waals surface area contributed by atoms with Gasteiger partial charge in [-0.15, -0.1) is 0 Å². The van der Waals surface area contributed by atoms with Crippen LogP contribution in [0.1, 0.15) is 11.6 Å². The quantitative estimate of drug-likeness (QED) is 0.872. The highest BCUT2D eigenvalue weighted by Crippen LogP contribution is 2.28. The summed E-state index contributed by atoms with van der Waals surface area (Å²) in [5, 5.41) is 7.51. The van der Waals surface area contributed by atoms with E-state index in [9.17, 15) is 4.79 Å². The van der Waals surface area contributed by atoms with Crippen LogP contribution in [0, 0.1) is 0 Å².